The molecule has 3 rings (SSSR count). The highest BCUT2D eigenvalue weighted by Gasteiger charge is 2.34. The van der Waals surface area contributed by atoms with Crippen LogP contribution in [0.3, 0.4) is 0 Å². The van der Waals surface area contributed by atoms with Gasteiger partial charge in [-0.1, -0.05) is 24.3 Å². The van der Waals surface area contributed by atoms with Crippen molar-refractivity contribution in [2.45, 2.75) is 45.5 Å². The molecule has 1 aliphatic heterocycles. The average molecular weight is 467 g/mol. The second-order valence-electron chi connectivity index (χ2n) is 8.90. The zero-order chi connectivity index (χ0) is 24.0. The molecule has 1 aliphatic rings. The third-order valence-corrected chi connectivity index (χ3v) is 6.20. The van der Waals surface area contributed by atoms with Crippen LogP contribution >= 0.6 is 0 Å². The molecule has 1 fully saturated rings. The van der Waals surface area contributed by atoms with E-state index < -0.39 is 11.9 Å². The van der Waals surface area contributed by atoms with E-state index in [1.807, 2.05) is 0 Å². The molecule has 6 nitrogen and oxygen atoms in total. The number of ether oxygens (including phenoxy) is 1. The van der Waals surface area contributed by atoms with Gasteiger partial charge in [0.1, 0.15) is 6.54 Å². The number of methoxy groups -OCH3 is 1. The summed E-state index contributed by atoms with van der Waals surface area (Å²) in [4.78, 5) is 16.6. The number of likely N-dealkylation sites (N-methyl/N-ethyl adjacent to an activating group) is 1. The number of likely N-dealkylation sites (tertiary alicyclic amines) is 1. The molecule has 0 atom stereocenters. The minimum Gasteiger partial charge on any atom is -0.383 e. The number of aromatic nitrogens is 2. The molecule has 2 heterocycles. The fourth-order valence-corrected chi connectivity index (χ4v) is 4.18. The molecule has 182 valence electrons. The van der Waals surface area contributed by atoms with E-state index in [-0.39, 0.29) is 12.5 Å². The van der Waals surface area contributed by atoms with Crippen molar-refractivity contribution in [3.63, 3.8) is 0 Å². The van der Waals surface area contributed by atoms with Crippen molar-refractivity contribution in [2.24, 2.45) is 5.92 Å². The number of hydrogen-bond acceptors (Lipinski definition) is 4. The number of benzene rings is 1. The molecular weight excluding hydrogens is 433 g/mol. The SMILES string of the molecule is COCCN(C)Cc1ccc(CC2CCN(C(=O)Cn3nc(C(F)(F)F)cc3C)CC2)cc1. The lowest BCUT2D eigenvalue weighted by atomic mass is 9.90. The fraction of sp³-hybridized carbons (Fsp3) is 0.583. The van der Waals surface area contributed by atoms with Gasteiger partial charge in [0.2, 0.25) is 5.91 Å². The predicted molar refractivity (Wildman–Crippen MR) is 120 cm³/mol. The van der Waals surface area contributed by atoms with Gasteiger partial charge >= 0.3 is 6.18 Å². The molecular formula is C24H33F3N4O2. The highest BCUT2D eigenvalue weighted by atomic mass is 19.4. The van der Waals surface area contributed by atoms with Crippen LogP contribution in [0.15, 0.2) is 30.3 Å². The summed E-state index contributed by atoms with van der Waals surface area (Å²) in [6, 6.07) is 9.66. The molecule has 2 aromatic rings. The monoisotopic (exact) mass is 466 g/mol. The number of piperidine rings is 1. The second-order valence-corrected chi connectivity index (χ2v) is 8.90. The first-order valence-electron chi connectivity index (χ1n) is 11.3. The van der Waals surface area contributed by atoms with Gasteiger partial charge in [-0.2, -0.15) is 18.3 Å². The quantitative estimate of drug-likeness (QED) is 0.565. The Morgan fingerprint density at radius 3 is 2.39 bits per heavy atom. The summed E-state index contributed by atoms with van der Waals surface area (Å²) in [5.41, 5.74) is 1.92. The summed E-state index contributed by atoms with van der Waals surface area (Å²) >= 11 is 0. The molecule has 1 amide bonds. The maximum Gasteiger partial charge on any atom is 0.435 e. The standard InChI is InChI=1S/C24H33F3N4O2/c1-18-14-22(24(25,26)27)28-31(18)17-23(32)30-10-8-20(9-11-30)15-19-4-6-21(7-5-19)16-29(2)12-13-33-3/h4-7,14,20H,8-13,15-17H2,1-3H3. The highest BCUT2D eigenvalue weighted by molar-refractivity contribution is 5.76. The third kappa shape index (κ3) is 7.30. The van der Waals surface area contributed by atoms with Crippen LogP contribution in [0.1, 0.15) is 35.4 Å². The van der Waals surface area contributed by atoms with Gasteiger partial charge in [-0.05, 0) is 56.3 Å². The van der Waals surface area contributed by atoms with Gasteiger partial charge < -0.3 is 9.64 Å². The van der Waals surface area contributed by atoms with E-state index in [0.717, 1.165) is 43.1 Å². The van der Waals surface area contributed by atoms with Crippen LogP contribution in [0.5, 0.6) is 0 Å². The molecule has 1 aromatic heterocycles. The lowest BCUT2D eigenvalue weighted by Crippen LogP contribution is -2.40. The van der Waals surface area contributed by atoms with Crippen molar-refractivity contribution < 1.29 is 22.7 Å². The Kier molecular flexibility index (Phi) is 8.53. The molecule has 0 saturated carbocycles. The minimum atomic E-state index is -4.50. The van der Waals surface area contributed by atoms with E-state index >= 15 is 0 Å². The summed E-state index contributed by atoms with van der Waals surface area (Å²) in [5.74, 6) is 0.308. The van der Waals surface area contributed by atoms with Crippen LogP contribution in [0, 0.1) is 12.8 Å². The second kappa shape index (κ2) is 11.2. The van der Waals surface area contributed by atoms with Crippen LogP contribution in [-0.2, 0) is 35.2 Å². The molecule has 0 radical (unpaired) electrons. The Morgan fingerprint density at radius 2 is 1.82 bits per heavy atom. The van der Waals surface area contributed by atoms with Crippen molar-refractivity contribution in [1.29, 1.82) is 0 Å². The average Bonchev–Trinajstić information content (AvgIpc) is 3.15. The van der Waals surface area contributed by atoms with Gasteiger partial charge in [-0.25, -0.2) is 0 Å². The van der Waals surface area contributed by atoms with E-state index in [2.05, 4.69) is 41.3 Å². The number of nitrogens with zero attached hydrogens (tertiary/aromatic N) is 4. The maximum absolute atomic E-state index is 12.8. The summed E-state index contributed by atoms with van der Waals surface area (Å²) in [7, 11) is 3.78. The number of carbonyl (C=O) groups excluding carboxylic acids is 1. The lowest BCUT2D eigenvalue weighted by molar-refractivity contribution is -0.142. The predicted octanol–water partition coefficient (Wildman–Crippen LogP) is 3.77. The van der Waals surface area contributed by atoms with Crippen molar-refractivity contribution in [3.05, 3.63) is 52.8 Å². The van der Waals surface area contributed by atoms with E-state index in [1.54, 1.807) is 12.0 Å². The van der Waals surface area contributed by atoms with Crippen molar-refractivity contribution in [2.75, 3.05) is 40.4 Å². The van der Waals surface area contributed by atoms with Crippen LogP contribution in [-0.4, -0.2) is 65.9 Å². The first-order chi connectivity index (χ1) is 15.7. The minimum absolute atomic E-state index is 0.160. The first kappa shape index (κ1) is 25.2. The van der Waals surface area contributed by atoms with Gasteiger partial charge in [0.25, 0.3) is 0 Å². The lowest BCUT2D eigenvalue weighted by Gasteiger charge is -2.32. The molecule has 0 aliphatic carbocycles. The number of aryl methyl sites for hydroxylation is 1. The van der Waals surface area contributed by atoms with E-state index in [9.17, 15) is 18.0 Å². The number of alkyl halides is 3. The zero-order valence-corrected chi connectivity index (χ0v) is 19.6. The molecule has 1 aromatic carbocycles. The number of halogens is 3. The largest absolute Gasteiger partial charge is 0.435 e. The normalized spacial score (nSPS) is 15.4. The third-order valence-electron chi connectivity index (χ3n) is 6.20. The first-order valence-corrected chi connectivity index (χ1v) is 11.3. The van der Waals surface area contributed by atoms with Gasteiger partial charge in [0, 0.05) is 39.0 Å². The number of amides is 1. The molecule has 0 spiro atoms. The van der Waals surface area contributed by atoms with Crippen LogP contribution < -0.4 is 0 Å². The maximum atomic E-state index is 12.8. The number of hydrogen-bond donors (Lipinski definition) is 0. The summed E-state index contributed by atoms with van der Waals surface area (Å²) in [6.07, 6.45) is -1.76. The molecule has 33 heavy (non-hydrogen) atoms. The van der Waals surface area contributed by atoms with Crippen molar-refractivity contribution in [3.8, 4) is 0 Å². The van der Waals surface area contributed by atoms with E-state index in [0.29, 0.717) is 31.3 Å². The number of carbonyl (C=O) groups is 1. The molecule has 0 unspecified atom stereocenters. The number of rotatable bonds is 9. The van der Waals surface area contributed by atoms with Crippen molar-refractivity contribution >= 4 is 5.91 Å². The van der Waals surface area contributed by atoms with Gasteiger partial charge in [-0.15, -0.1) is 0 Å². The fourth-order valence-electron chi connectivity index (χ4n) is 4.18. The summed E-state index contributed by atoms with van der Waals surface area (Å²) < 4.78 is 44.8. The molecule has 0 N–H and O–H groups in total. The summed E-state index contributed by atoms with van der Waals surface area (Å²) in [6.45, 7) is 5.10. The Morgan fingerprint density at radius 1 is 1.18 bits per heavy atom. The summed E-state index contributed by atoms with van der Waals surface area (Å²) in [5, 5.41) is 3.56. The Hall–Kier alpha value is -2.39. The van der Waals surface area contributed by atoms with Crippen LogP contribution in [0.2, 0.25) is 0 Å². The van der Waals surface area contributed by atoms with Crippen LogP contribution in [0.4, 0.5) is 13.2 Å². The topological polar surface area (TPSA) is 50.6 Å². The van der Waals surface area contributed by atoms with Gasteiger partial charge in [-0.3, -0.25) is 14.4 Å². The van der Waals surface area contributed by atoms with Gasteiger partial charge in [0.05, 0.1) is 6.61 Å². The molecule has 1 saturated heterocycles. The van der Waals surface area contributed by atoms with Gasteiger partial charge in [0.15, 0.2) is 5.69 Å². The molecule has 0 bridgehead atoms. The van der Waals surface area contributed by atoms with Crippen molar-refractivity contribution in [1.82, 2.24) is 19.6 Å². The Balaban J connectivity index is 1.45. The van der Waals surface area contributed by atoms with Crippen LogP contribution in [0.25, 0.3) is 0 Å². The van der Waals surface area contributed by atoms with E-state index in [4.69, 9.17) is 4.74 Å². The smallest absolute Gasteiger partial charge is 0.383 e. The Bertz CT molecular complexity index is 903. The Labute approximate surface area is 193 Å². The molecule has 9 heteroatoms. The highest BCUT2D eigenvalue weighted by Crippen LogP contribution is 2.28. The zero-order valence-electron chi connectivity index (χ0n) is 19.6. The van der Waals surface area contributed by atoms with E-state index in [1.165, 1.54) is 18.1 Å².